The molecule has 0 saturated heterocycles. The van der Waals surface area contributed by atoms with Crippen molar-refractivity contribution in [1.29, 1.82) is 0 Å². The van der Waals surface area contributed by atoms with Gasteiger partial charge in [0.15, 0.2) is 0 Å². The lowest BCUT2D eigenvalue weighted by molar-refractivity contribution is 0.627. The molecule has 0 bridgehead atoms. The van der Waals surface area contributed by atoms with Crippen LogP contribution in [0.15, 0.2) is 36.5 Å². The fraction of sp³-hybridized carbons (Fsp3) is 0.312. The van der Waals surface area contributed by atoms with Gasteiger partial charge in [-0.2, -0.15) is 0 Å². The molecule has 0 fully saturated rings. The number of hydrogen-bond acceptors (Lipinski definition) is 3. The van der Waals surface area contributed by atoms with E-state index in [0.29, 0.717) is 6.54 Å². The Kier molecular flexibility index (Phi) is 4.69. The molecule has 0 aliphatic rings. The molecule has 1 aromatic heterocycles. The van der Waals surface area contributed by atoms with Gasteiger partial charge < -0.3 is 10.6 Å². The molecule has 2 aromatic rings. The summed E-state index contributed by atoms with van der Waals surface area (Å²) in [6, 6.07) is 8.67. The number of anilines is 2. The monoisotopic (exact) mass is 273 g/mol. The predicted molar refractivity (Wildman–Crippen MR) is 80.8 cm³/mol. The zero-order valence-corrected chi connectivity index (χ0v) is 11.9. The molecule has 1 heterocycles. The van der Waals surface area contributed by atoms with E-state index in [-0.39, 0.29) is 5.82 Å². The van der Waals surface area contributed by atoms with E-state index in [1.165, 1.54) is 12.1 Å². The van der Waals surface area contributed by atoms with Crippen LogP contribution in [0.3, 0.4) is 0 Å². The topological polar surface area (TPSA) is 42.2 Å². The Morgan fingerprint density at radius 2 is 2.10 bits per heavy atom. The Labute approximate surface area is 119 Å². The number of aryl methyl sites for hydroxylation is 1. The van der Waals surface area contributed by atoms with Crippen LogP contribution in [0, 0.1) is 12.7 Å². The van der Waals surface area contributed by atoms with Crippen molar-refractivity contribution < 1.29 is 4.39 Å². The number of nitrogens with two attached hydrogens (primary N) is 1. The highest BCUT2D eigenvalue weighted by atomic mass is 19.1. The summed E-state index contributed by atoms with van der Waals surface area (Å²) in [6.07, 6.45) is 2.66. The van der Waals surface area contributed by atoms with Crippen molar-refractivity contribution in [3.63, 3.8) is 0 Å². The van der Waals surface area contributed by atoms with Crippen molar-refractivity contribution in [2.75, 3.05) is 18.0 Å². The summed E-state index contributed by atoms with van der Waals surface area (Å²) >= 11 is 0. The van der Waals surface area contributed by atoms with Gasteiger partial charge in [0.25, 0.3) is 0 Å². The summed E-state index contributed by atoms with van der Waals surface area (Å²) in [7, 11) is 0. The first-order valence-electron chi connectivity index (χ1n) is 6.84. The quantitative estimate of drug-likeness (QED) is 0.909. The van der Waals surface area contributed by atoms with Crippen LogP contribution in [0.4, 0.5) is 15.9 Å². The van der Waals surface area contributed by atoms with Gasteiger partial charge in [-0.15, -0.1) is 0 Å². The lowest BCUT2D eigenvalue weighted by Crippen LogP contribution is -2.19. The molecule has 2 N–H and O–H groups in total. The molecule has 20 heavy (non-hydrogen) atoms. The van der Waals surface area contributed by atoms with E-state index in [1.54, 1.807) is 6.07 Å². The first-order valence-corrected chi connectivity index (χ1v) is 6.84. The lowest BCUT2D eigenvalue weighted by atomic mass is 10.1. The second-order valence-electron chi connectivity index (χ2n) is 4.75. The van der Waals surface area contributed by atoms with Crippen molar-refractivity contribution in [3.8, 4) is 0 Å². The molecule has 0 aliphatic carbocycles. The van der Waals surface area contributed by atoms with Crippen LogP contribution in [0.1, 0.15) is 18.1 Å². The third kappa shape index (κ3) is 3.14. The molecular formula is C16H20FN3. The molecule has 1 aromatic carbocycles. The summed E-state index contributed by atoms with van der Waals surface area (Å²) < 4.78 is 13.4. The minimum atomic E-state index is -0.238. The van der Waals surface area contributed by atoms with Crippen LogP contribution in [-0.2, 0) is 6.42 Å². The maximum Gasteiger partial charge on any atom is 0.135 e. The predicted octanol–water partition coefficient (Wildman–Crippen LogP) is 3.19. The van der Waals surface area contributed by atoms with Crippen molar-refractivity contribution in [1.82, 2.24) is 4.98 Å². The molecule has 0 saturated carbocycles. The van der Waals surface area contributed by atoms with Crippen LogP contribution in [0.25, 0.3) is 0 Å². The minimum Gasteiger partial charge on any atom is -0.330 e. The smallest absolute Gasteiger partial charge is 0.135 e. The Bertz CT molecular complexity index is 584. The van der Waals surface area contributed by atoms with Crippen molar-refractivity contribution in [3.05, 3.63) is 53.5 Å². The first-order chi connectivity index (χ1) is 9.65. The Hall–Kier alpha value is -1.94. The molecule has 0 radical (unpaired) electrons. The molecular weight excluding hydrogens is 253 g/mol. The van der Waals surface area contributed by atoms with Crippen molar-refractivity contribution in [2.24, 2.45) is 5.73 Å². The molecule has 4 heteroatoms. The standard InChI is InChI=1S/C16H20FN3/c1-3-20(15-6-4-5-14(17)10-15)16-12(2)9-13(7-8-18)11-19-16/h4-6,9-11H,3,7-8,18H2,1-2H3. The largest absolute Gasteiger partial charge is 0.330 e. The van der Waals surface area contributed by atoms with Gasteiger partial charge in [0.2, 0.25) is 0 Å². The third-order valence-corrected chi connectivity index (χ3v) is 3.23. The summed E-state index contributed by atoms with van der Waals surface area (Å²) in [6.45, 7) is 5.39. The maximum atomic E-state index is 13.4. The van der Waals surface area contributed by atoms with E-state index in [1.807, 2.05) is 31.0 Å². The van der Waals surface area contributed by atoms with Crippen molar-refractivity contribution >= 4 is 11.5 Å². The third-order valence-electron chi connectivity index (χ3n) is 3.23. The molecule has 0 spiro atoms. The van der Waals surface area contributed by atoms with Gasteiger partial charge in [0.1, 0.15) is 11.6 Å². The lowest BCUT2D eigenvalue weighted by Gasteiger charge is -2.24. The van der Waals surface area contributed by atoms with E-state index >= 15 is 0 Å². The zero-order chi connectivity index (χ0) is 14.5. The molecule has 0 amide bonds. The molecule has 106 valence electrons. The summed E-state index contributed by atoms with van der Waals surface area (Å²) in [5.41, 5.74) is 8.58. The Morgan fingerprint density at radius 1 is 1.30 bits per heavy atom. The highest BCUT2D eigenvalue weighted by Gasteiger charge is 2.12. The molecule has 0 atom stereocenters. The van der Waals surface area contributed by atoms with Crippen LogP contribution >= 0.6 is 0 Å². The van der Waals surface area contributed by atoms with Crippen LogP contribution in [0.2, 0.25) is 0 Å². The van der Waals surface area contributed by atoms with E-state index in [4.69, 9.17) is 5.73 Å². The first kappa shape index (κ1) is 14.5. The molecule has 0 aliphatic heterocycles. The number of aromatic nitrogens is 1. The second-order valence-corrected chi connectivity index (χ2v) is 4.75. The van der Waals surface area contributed by atoms with Gasteiger partial charge in [-0.1, -0.05) is 12.1 Å². The number of nitrogens with zero attached hydrogens (tertiary/aromatic N) is 2. The van der Waals surface area contributed by atoms with Gasteiger partial charge in [-0.05, 0) is 56.1 Å². The SMILES string of the molecule is CCN(c1cccc(F)c1)c1ncc(CCN)cc1C. The van der Waals surface area contributed by atoms with Gasteiger partial charge in [-0.25, -0.2) is 9.37 Å². The summed E-state index contributed by atoms with van der Waals surface area (Å²) in [5, 5.41) is 0. The molecule has 2 rings (SSSR count). The van der Waals surface area contributed by atoms with Crippen LogP contribution < -0.4 is 10.6 Å². The average Bonchev–Trinajstić information content (AvgIpc) is 2.42. The average molecular weight is 273 g/mol. The van der Waals surface area contributed by atoms with Gasteiger partial charge in [-0.3, -0.25) is 0 Å². The number of pyridine rings is 1. The van der Waals surface area contributed by atoms with Gasteiger partial charge >= 0.3 is 0 Å². The Morgan fingerprint density at radius 3 is 2.70 bits per heavy atom. The highest BCUT2D eigenvalue weighted by Crippen LogP contribution is 2.27. The van der Waals surface area contributed by atoms with E-state index in [0.717, 1.165) is 35.6 Å². The normalized spacial score (nSPS) is 10.6. The Balaban J connectivity index is 2.37. The van der Waals surface area contributed by atoms with Gasteiger partial charge in [0.05, 0.1) is 0 Å². The highest BCUT2D eigenvalue weighted by molar-refractivity contribution is 5.62. The second kappa shape index (κ2) is 6.48. The number of hydrogen-bond donors (Lipinski definition) is 1. The van der Waals surface area contributed by atoms with Crippen LogP contribution in [0.5, 0.6) is 0 Å². The van der Waals surface area contributed by atoms with E-state index in [9.17, 15) is 4.39 Å². The number of benzene rings is 1. The van der Waals surface area contributed by atoms with E-state index in [2.05, 4.69) is 11.1 Å². The van der Waals surface area contributed by atoms with Gasteiger partial charge in [0, 0.05) is 18.4 Å². The van der Waals surface area contributed by atoms with Crippen LogP contribution in [-0.4, -0.2) is 18.1 Å². The molecule has 3 nitrogen and oxygen atoms in total. The fourth-order valence-corrected chi connectivity index (χ4v) is 2.31. The number of halogens is 1. The zero-order valence-electron chi connectivity index (χ0n) is 11.9. The fourth-order valence-electron chi connectivity index (χ4n) is 2.31. The summed E-state index contributed by atoms with van der Waals surface area (Å²) in [5.74, 6) is 0.622. The van der Waals surface area contributed by atoms with E-state index < -0.39 is 0 Å². The molecule has 0 unspecified atom stereocenters. The number of rotatable bonds is 5. The maximum absolute atomic E-state index is 13.4. The minimum absolute atomic E-state index is 0.238. The van der Waals surface area contributed by atoms with Crippen molar-refractivity contribution in [2.45, 2.75) is 20.3 Å². The summed E-state index contributed by atoms with van der Waals surface area (Å²) in [4.78, 5) is 6.53.